The lowest BCUT2D eigenvalue weighted by molar-refractivity contribution is -0.137. The highest BCUT2D eigenvalue weighted by Gasteiger charge is 2.20. The van der Waals surface area contributed by atoms with Crippen molar-refractivity contribution in [1.82, 2.24) is 0 Å². The standard InChI is InChI=1S/C19H22N2O4S/c22-18(12-14(13-19(23)24)17-2-1-11-26-17)20-15-3-5-16(6-4-15)21-7-9-25-10-8-21/h1-6,11,14H,7-10,12-13H2,(H,20,22)(H,23,24)/t14-/m1/s1. The fraction of sp³-hybridized carbons (Fsp3) is 0.368. The number of nitrogens with one attached hydrogen (secondary N) is 1. The van der Waals surface area contributed by atoms with Crippen molar-refractivity contribution in [2.45, 2.75) is 18.8 Å². The Kier molecular flexibility index (Phi) is 6.25. The summed E-state index contributed by atoms with van der Waals surface area (Å²) in [6, 6.07) is 11.5. The van der Waals surface area contributed by atoms with E-state index >= 15 is 0 Å². The number of carboxylic acid groups (broad SMARTS) is 1. The molecular weight excluding hydrogens is 352 g/mol. The van der Waals surface area contributed by atoms with E-state index in [1.165, 1.54) is 11.3 Å². The molecule has 0 aliphatic carbocycles. The summed E-state index contributed by atoms with van der Waals surface area (Å²) in [5.74, 6) is -1.38. The number of thiophene rings is 1. The third-order valence-corrected chi connectivity index (χ3v) is 5.36. The SMILES string of the molecule is O=C(O)C[C@@H](CC(=O)Nc1ccc(N2CCOCC2)cc1)c1cccs1. The highest BCUT2D eigenvalue weighted by molar-refractivity contribution is 7.10. The van der Waals surface area contributed by atoms with Crippen molar-refractivity contribution in [3.05, 3.63) is 46.7 Å². The molecule has 0 bridgehead atoms. The van der Waals surface area contributed by atoms with Gasteiger partial charge in [-0.25, -0.2) is 0 Å². The normalized spacial score (nSPS) is 15.5. The molecule has 3 rings (SSSR count). The highest BCUT2D eigenvalue weighted by atomic mass is 32.1. The Morgan fingerprint density at radius 2 is 1.88 bits per heavy atom. The van der Waals surface area contributed by atoms with E-state index in [0.29, 0.717) is 5.69 Å². The summed E-state index contributed by atoms with van der Waals surface area (Å²) in [6.45, 7) is 3.19. The zero-order valence-corrected chi connectivity index (χ0v) is 15.2. The average Bonchev–Trinajstić information content (AvgIpc) is 3.17. The monoisotopic (exact) mass is 374 g/mol. The van der Waals surface area contributed by atoms with Crippen LogP contribution in [0.4, 0.5) is 11.4 Å². The summed E-state index contributed by atoms with van der Waals surface area (Å²) >= 11 is 1.48. The van der Waals surface area contributed by atoms with Crippen LogP contribution in [-0.2, 0) is 14.3 Å². The summed E-state index contributed by atoms with van der Waals surface area (Å²) in [6.07, 6.45) is 0.0991. The number of aliphatic carboxylic acids is 1. The number of carboxylic acids is 1. The van der Waals surface area contributed by atoms with E-state index < -0.39 is 5.97 Å². The Morgan fingerprint density at radius 3 is 2.50 bits per heavy atom. The number of rotatable bonds is 7. The van der Waals surface area contributed by atoms with Gasteiger partial charge in [0.2, 0.25) is 5.91 Å². The van der Waals surface area contributed by atoms with Gasteiger partial charge < -0.3 is 20.1 Å². The number of benzene rings is 1. The molecule has 2 aromatic rings. The number of anilines is 2. The van der Waals surface area contributed by atoms with Crippen molar-refractivity contribution >= 4 is 34.6 Å². The number of amides is 1. The van der Waals surface area contributed by atoms with E-state index in [0.717, 1.165) is 36.9 Å². The molecule has 1 aliphatic rings. The lowest BCUT2D eigenvalue weighted by atomic mass is 9.99. The van der Waals surface area contributed by atoms with Gasteiger partial charge in [-0.2, -0.15) is 0 Å². The molecule has 1 atom stereocenters. The topological polar surface area (TPSA) is 78.9 Å². The molecule has 1 fully saturated rings. The van der Waals surface area contributed by atoms with Crippen LogP contribution in [0.15, 0.2) is 41.8 Å². The minimum absolute atomic E-state index is 0.0517. The number of carbonyl (C=O) groups is 2. The molecule has 1 aliphatic heterocycles. The molecule has 1 aromatic carbocycles. The van der Waals surface area contributed by atoms with Crippen LogP contribution in [0.5, 0.6) is 0 Å². The first kappa shape index (κ1) is 18.4. The number of hydrogen-bond acceptors (Lipinski definition) is 5. The van der Waals surface area contributed by atoms with E-state index in [2.05, 4.69) is 10.2 Å². The van der Waals surface area contributed by atoms with Crippen LogP contribution in [0, 0.1) is 0 Å². The summed E-state index contributed by atoms with van der Waals surface area (Å²) in [5, 5.41) is 13.9. The Labute approximate surface area is 156 Å². The van der Waals surface area contributed by atoms with Crippen LogP contribution in [0.1, 0.15) is 23.6 Å². The highest BCUT2D eigenvalue weighted by Crippen LogP contribution is 2.28. The summed E-state index contributed by atoms with van der Waals surface area (Å²) in [4.78, 5) is 26.6. The Morgan fingerprint density at radius 1 is 1.15 bits per heavy atom. The molecule has 1 saturated heterocycles. The minimum atomic E-state index is -0.897. The first-order valence-electron chi connectivity index (χ1n) is 8.59. The fourth-order valence-electron chi connectivity index (χ4n) is 3.02. The second kappa shape index (κ2) is 8.82. The molecule has 0 unspecified atom stereocenters. The Hall–Kier alpha value is -2.38. The number of nitrogens with zero attached hydrogens (tertiary/aromatic N) is 1. The minimum Gasteiger partial charge on any atom is -0.481 e. The zero-order valence-electron chi connectivity index (χ0n) is 14.4. The van der Waals surface area contributed by atoms with Gasteiger partial charge in [-0.15, -0.1) is 11.3 Å². The number of carbonyl (C=O) groups excluding carboxylic acids is 1. The zero-order chi connectivity index (χ0) is 18.4. The Balaban J connectivity index is 1.58. The molecule has 1 amide bonds. The number of morpholine rings is 1. The lowest BCUT2D eigenvalue weighted by Crippen LogP contribution is -2.36. The summed E-state index contributed by atoms with van der Waals surface area (Å²) in [5.41, 5.74) is 1.82. The molecule has 1 aromatic heterocycles. The van der Waals surface area contributed by atoms with Crippen LogP contribution in [0.2, 0.25) is 0 Å². The van der Waals surface area contributed by atoms with Gasteiger partial charge in [0.1, 0.15) is 0 Å². The predicted molar refractivity (Wildman–Crippen MR) is 102 cm³/mol. The maximum atomic E-state index is 12.4. The third kappa shape index (κ3) is 5.06. The van der Waals surface area contributed by atoms with Crippen LogP contribution in [-0.4, -0.2) is 43.3 Å². The molecule has 138 valence electrons. The number of ether oxygens (including phenoxy) is 1. The van der Waals surface area contributed by atoms with Crippen molar-refractivity contribution in [2.24, 2.45) is 0 Å². The van der Waals surface area contributed by atoms with Gasteiger partial charge in [0.15, 0.2) is 0 Å². The summed E-state index contributed by atoms with van der Waals surface area (Å²) in [7, 11) is 0. The van der Waals surface area contributed by atoms with Crippen molar-refractivity contribution in [2.75, 3.05) is 36.5 Å². The van der Waals surface area contributed by atoms with Crippen LogP contribution in [0.3, 0.4) is 0 Å². The molecule has 0 spiro atoms. The van der Waals surface area contributed by atoms with Crippen LogP contribution in [0.25, 0.3) is 0 Å². The first-order valence-corrected chi connectivity index (χ1v) is 9.47. The Bertz CT molecular complexity index is 725. The largest absolute Gasteiger partial charge is 0.481 e. The molecule has 2 N–H and O–H groups in total. The molecule has 2 heterocycles. The second-order valence-electron chi connectivity index (χ2n) is 6.21. The van der Waals surface area contributed by atoms with E-state index in [-0.39, 0.29) is 24.7 Å². The maximum Gasteiger partial charge on any atom is 0.304 e. The third-order valence-electron chi connectivity index (χ3n) is 4.33. The van der Waals surface area contributed by atoms with Gasteiger partial charge in [0.05, 0.1) is 19.6 Å². The quantitative estimate of drug-likeness (QED) is 0.778. The van der Waals surface area contributed by atoms with Crippen molar-refractivity contribution in [3.63, 3.8) is 0 Å². The average molecular weight is 374 g/mol. The van der Waals surface area contributed by atoms with E-state index in [1.807, 2.05) is 41.8 Å². The fourth-order valence-corrected chi connectivity index (χ4v) is 3.85. The lowest BCUT2D eigenvalue weighted by Gasteiger charge is -2.28. The molecule has 0 radical (unpaired) electrons. The van der Waals surface area contributed by atoms with E-state index in [1.54, 1.807) is 0 Å². The van der Waals surface area contributed by atoms with Crippen LogP contribution >= 0.6 is 11.3 Å². The van der Waals surface area contributed by atoms with E-state index in [4.69, 9.17) is 9.84 Å². The van der Waals surface area contributed by atoms with Gasteiger partial charge >= 0.3 is 5.97 Å². The maximum absolute atomic E-state index is 12.4. The van der Waals surface area contributed by atoms with Gasteiger partial charge in [-0.05, 0) is 35.7 Å². The molecule has 0 saturated carbocycles. The van der Waals surface area contributed by atoms with Crippen molar-refractivity contribution < 1.29 is 19.4 Å². The molecule has 7 heteroatoms. The predicted octanol–water partition coefficient (Wildman–Crippen LogP) is 3.17. The van der Waals surface area contributed by atoms with Crippen molar-refractivity contribution in [3.8, 4) is 0 Å². The van der Waals surface area contributed by atoms with Crippen LogP contribution < -0.4 is 10.2 Å². The van der Waals surface area contributed by atoms with Gasteiger partial charge in [-0.1, -0.05) is 6.07 Å². The van der Waals surface area contributed by atoms with Gasteiger partial charge in [-0.3, -0.25) is 9.59 Å². The second-order valence-corrected chi connectivity index (χ2v) is 7.19. The van der Waals surface area contributed by atoms with Crippen molar-refractivity contribution in [1.29, 1.82) is 0 Å². The first-order chi connectivity index (χ1) is 12.6. The summed E-state index contributed by atoms with van der Waals surface area (Å²) < 4.78 is 5.35. The molecular formula is C19H22N2O4S. The smallest absolute Gasteiger partial charge is 0.304 e. The van der Waals surface area contributed by atoms with Gasteiger partial charge in [0, 0.05) is 41.7 Å². The molecule has 26 heavy (non-hydrogen) atoms. The number of hydrogen-bond donors (Lipinski definition) is 2. The molecule has 6 nitrogen and oxygen atoms in total. The van der Waals surface area contributed by atoms with Gasteiger partial charge in [0.25, 0.3) is 0 Å². The van der Waals surface area contributed by atoms with E-state index in [9.17, 15) is 9.59 Å².